The second-order valence-electron chi connectivity index (χ2n) is 5.23. The van der Waals surface area contributed by atoms with E-state index in [-0.39, 0.29) is 11.3 Å². The number of carbonyl (C=O) groups excluding carboxylic acids is 1. The molecule has 3 heteroatoms. The Morgan fingerprint density at radius 3 is 2.50 bits per heavy atom. The third-order valence-electron chi connectivity index (χ3n) is 3.77. The average molecular weight is 263 g/mol. The largest absolute Gasteiger partial charge is 0.339 e. The molecule has 0 aromatic heterocycles. The SMILES string of the molecule is CCN(Cc1ccccc1)C(=O)CC1(CS)CC1. The molecule has 1 saturated carbocycles. The molecular formula is C15H21NOS. The molecule has 2 nitrogen and oxygen atoms in total. The maximum Gasteiger partial charge on any atom is 0.223 e. The molecule has 0 unspecified atom stereocenters. The van der Waals surface area contributed by atoms with Gasteiger partial charge in [-0.2, -0.15) is 12.6 Å². The highest BCUT2D eigenvalue weighted by molar-refractivity contribution is 7.80. The lowest BCUT2D eigenvalue weighted by Crippen LogP contribution is -2.32. The Kier molecular flexibility index (Phi) is 4.33. The van der Waals surface area contributed by atoms with E-state index in [1.165, 1.54) is 5.56 Å². The zero-order valence-electron chi connectivity index (χ0n) is 10.9. The van der Waals surface area contributed by atoms with E-state index in [1.54, 1.807) is 0 Å². The molecule has 18 heavy (non-hydrogen) atoms. The van der Waals surface area contributed by atoms with Crippen LogP contribution in [0.2, 0.25) is 0 Å². The van der Waals surface area contributed by atoms with Gasteiger partial charge in [-0.3, -0.25) is 4.79 Å². The molecule has 0 radical (unpaired) electrons. The number of hydrogen-bond donors (Lipinski definition) is 1. The molecule has 98 valence electrons. The molecule has 0 spiro atoms. The predicted molar refractivity (Wildman–Crippen MR) is 77.7 cm³/mol. The second-order valence-corrected chi connectivity index (χ2v) is 5.54. The van der Waals surface area contributed by atoms with Gasteiger partial charge in [0.15, 0.2) is 0 Å². The topological polar surface area (TPSA) is 20.3 Å². The molecular weight excluding hydrogens is 242 g/mol. The average Bonchev–Trinajstić information content (AvgIpc) is 3.17. The minimum atomic E-state index is 0.213. The lowest BCUT2D eigenvalue weighted by atomic mass is 10.0. The Morgan fingerprint density at radius 2 is 2.00 bits per heavy atom. The molecule has 1 aromatic rings. The fourth-order valence-electron chi connectivity index (χ4n) is 2.18. The summed E-state index contributed by atoms with van der Waals surface area (Å²) in [5.74, 6) is 1.11. The van der Waals surface area contributed by atoms with Gasteiger partial charge in [-0.05, 0) is 36.5 Å². The first kappa shape index (κ1) is 13.5. The van der Waals surface area contributed by atoms with E-state index >= 15 is 0 Å². The van der Waals surface area contributed by atoms with Crippen molar-refractivity contribution in [3.05, 3.63) is 35.9 Å². The third-order valence-corrected chi connectivity index (χ3v) is 4.44. The Balaban J connectivity index is 1.94. The summed E-state index contributed by atoms with van der Waals surface area (Å²) in [6.45, 7) is 3.54. The maximum absolute atomic E-state index is 12.3. The standard InChI is InChI=1S/C15H21NOS/c1-2-16(11-13-6-4-3-5-7-13)14(17)10-15(12-18)8-9-15/h3-7,18H,2,8-12H2,1H3. The summed E-state index contributed by atoms with van der Waals surface area (Å²) in [7, 11) is 0. The molecule has 1 amide bonds. The number of amides is 1. The third kappa shape index (κ3) is 3.29. The van der Waals surface area contributed by atoms with E-state index in [2.05, 4.69) is 24.8 Å². The quantitative estimate of drug-likeness (QED) is 0.782. The molecule has 1 aromatic carbocycles. The Hall–Kier alpha value is -0.960. The Bertz CT molecular complexity index is 400. The predicted octanol–water partition coefficient (Wildman–Crippen LogP) is 3.14. The van der Waals surface area contributed by atoms with Crippen molar-refractivity contribution in [2.24, 2.45) is 5.41 Å². The van der Waals surface area contributed by atoms with Crippen molar-refractivity contribution in [2.75, 3.05) is 12.3 Å². The number of nitrogens with zero attached hydrogens (tertiary/aromatic N) is 1. The summed E-state index contributed by atoms with van der Waals surface area (Å²) in [6, 6.07) is 10.2. The first-order chi connectivity index (χ1) is 8.69. The van der Waals surface area contributed by atoms with Gasteiger partial charge in [0.05, 0.1) is 0 Å². The number of rotatable bonds is 6. The molecule has 0 saturated heterocycles. The first-order valence-electron chi connectivity index (χ1n) is 6.62. The fourth-order valence-corrected chi connectivity index (χ4v) is 2.61. The molecule has 1 fully saturated rings. The van der Waals surface area contributed by atoms with Crippen LogP contribution in [0.3, 0.4) is 0 Å². The number of carbonyl (C=O) groups is 1. The molecule has 0 atom stereocenters. The molecule has 1 aliphatic carbocycles. The van der Waals surface area contributed by atoms with E-state index in [0.29, 0.717) is 6.42 Å². The highest BCUT2D eigenvalue weighted by atomic mass is 32.1. The first-order valence-corrected chi connectivity index (χ1v) is 7.25. The van der Waals surface area contributed by atoms with Gasteiger partial charge in [0.1, 0.15) is 0 Å². The van der Waals surface area contributed by atoms with Crippen LogP contribution >= 0.6 is 12.6 Å². The van der Waals surface area contributed by atoms with Crippen LogP contribution in [0.4, 0.5) is 0 Å². The second kappa shape index (κ2) is 5.79. The number of thiol groups is 1. The van der Waals surface area contributed by atoms with Crippen molar-refractivity contribution in [1.82, 2.24) is 4.90 Å². The lowest BCUT2D eigenvalue weighted by Gasteiger charge is -2.23. The normalized spacial score (nSPS) is 16.3. The highest BCUT2D eigenvalue weighted by Crippen LogP contribution is 2.49. The van der Waals surface area contributed by atoms with Crippen molar-refractivity contribution in [3.63, 3.8) is 0 Å². The number of hydrogen-bond acceptors (Lipinski definition) is 2. The lowest BCUT2D eigenvalue weighted by molar-refractivity contribution is -0.132. The molecule has 0 aliphatic heterocycles. The fraction of sp³-hybridized carbons (Fsp3) is 0.533. The van der Waals surface area contributed by atoms with Gasteiger partial charge in [-0.1, -0.05) is 30.3 Å². The van der Waals surface area contributed by atoms with Crippen molar-refractivity contribution in [3.8, 4) is 0 Å². The van der Waals surface area contributed by atoms with Crippen molar-refractivity contribution in [1.29, 1.82) is 0 Å². The minimum Gasteiger partial charge on any atom is -0.339 e. The van der Waals surface area contributed by atoms with Crippen LogP contribution < -0.4 is 0 Å². The van der Waals surface area contributed by atoms with Gasteiger partial charge in [0.2, 0.25) is 5.91 Å². The molecule has 1 aliphatic rings. The summed E-state index contributed by atoms with van der Waals surface area (Å²) >= 11 is 4.36. The minimum absolute atomic E-state index is 0.213. The summed E-state index contributed by atoms with van der Waals surface area (Å²) in [5.41, 5.74) is 1.41. The van der Waals surface area contributed by atoms with Gasteiger partial charge < -0.3 is 4.90 Å². The maximum atomic E-state index is 12.3. The van der Waals surface area contributed by atoms with Gasteiger partial charge in [-0.25, -0.2) is 0 Å². The van der Waals surface area contributed by atoms with Crippen LogP contribution in [0, 0.1) is 5.41 Å². The van der Waals surface area contributed by atoms with E-state index in [0.717, 1.165) is 31.7 Å². The Morgan fingerprint density at radius 1 is 1.33 bits per heavy atom. The van der Waals surface area contributed by atoms with Crippen LogP contribution in [-0.2, 0) is 11.3 Å². The molecule has 0 N–H and O–H groups in total. The summed E-state index contributed by atoms with van der Waals surface area (Å²) in [6.07, 6.45) is 2.98. The van der Waals surface area contributed by atoms with Crippen LogP contribution in [0.1, 0.15) is 31.7 Å². The molecule has 0 bridgehead atoms. The van der Waals surface area contributed by atoms with Crippen molar-refractivity contribution in [2.45, 2.75) is 32.7 Å². The van der Waals surface area contributed by atoms with Crippen LogP contribution in [-0.4, -0.2) is 23.1 Å². The van der Waals surface area contributed by atoms with Crippen LogP contribution in [0.15, 0.2) is 30.3 Å². The van der Waals surface area contributed by atoms with E-state index in [1.807, 2.05) is 30.0 Å². The summed E-state index contributed by atoms with van der Waals surface area (Å²) in [5, 5.41) is 0. The molecule has 2 rings (SSSR count). The zero-order chi connectivity index (χ0) is 13.0. The highest BCUT2D eigenvalue weighted by Gasteiger charge is 2.43. The van der Waals surface area contributed by atoms with Gasteiger partial charge in [-0.15, -0.1) is 0 Å². The van der Waals surface area contributed by atoms with E-state index in [4.69, 9.17) is 0 Å². The van der Waals surface area contributed by atoms with Crippen LogP contribution in [0.5, 0.6) is 0 Å². The van der Waals surface area contributed by atoms with Crippen molar-refractivity contribution >= 4 is 18.5 Å². The summed E-state index contributed by atoms with van der Waals surface area (Å²) in [4.78, 5) is 14.2. The summed E-state index contributed by atoms with van der Waals surface area (Å²) < 4.78 is 0. The van der Waals surface area contributed by atoms with E-state index < -0.39 is 0 Å². The van der Waals surface area contributed by atoms with Gasteiger partial charge >= 0.3 is 0 Å². The zero-order valence-corrected chi connectivity index (χ0v) is 11.8. The van der Waals surface area contributed by atoms with Crippen LogP contribution in [0.25, 0.3) is 0 Å². The smallest absolute Gasteiger partial charge is 0.223 e. The molecule has 0 heterocycles. The monoisotopic (exact) mass is 263 g/mol. The van der Waals surface area contributed by atoms with E-state index in [9.17, 15) is 4.79 Å². The van der Waals surface area contributed by atoms with Gasteiger partial charge in [0, 0.05) is 19.5 Å². The number of benzene rings is 1. The Labute approximate surface area is 115 Å². The van der Waals surface area contributed by atoms with Crippen molar-refractivity contribution < 1.29 is 4.79 Å². The van der Waals surface area contributed by atoms with Gasteiger partial charge in [0.25, 0.3) is 0 Å².